The summed E-state index contributed by atoms with van der Waals surface area (Å²) in [7, 11) is 0. The summed E-state index contributed by atoms with van der Waals surface area (Å²) in [4.78, 5) is 21.0. The predicted octanol–water partition coefficient (Wildman–Crippen LogP) is 2.17. The number of benzene rings is 1. The quantitative estimate of drug-likeness (QED) is 0.746. The molecule has 1 amide bonds. The molecule has 1 aromatic carbocycles. The van der Waals surface area contributed by atoms with Crippen molar-refractivity contribution in [1.29, 1.82) is 0 Å². The Morgan fingerprint density at radius 2 is 2.28 bits per heavy atom. The highest BCUT2D eigenvalue weighted by Crippen LogP contribution is 2.18. The Bertz CT molecular complexity index is 434. The Balaban J connectivity index is 2.66. The van der Waals surface area contributed by atoms with Crippen LogP contribution in [0.1, 0.15) is 24.0 Å². The summed E-state index contributed by atoms with van der Waals surface area (Å²) in [6.45, 7) is 1.91. The first kappa shape index (κ1) is 14.5. The molecule has 4 nitrogen and oxygen atoms in total. The zero-order valence-electron chi connectivity index (χ0n) is 10.1. The molecule has 98 valence electrons. The molecule has 0 spiro atoms. The zero-order valence-corrected chi connectivity index (χ0v) is 10.9. The molecule has 5 heteroatoms. The number of amides is 1. The highest BCUT2D eigenvalue weighted by molar-refractivity contribution is 6.31. The minimum atomic E-state index is -0.866. The highest BCUT2D eigenvalue weighted by atomic mass is 35.5. The van der Waals surface area contributed by atoms with Crippen LogP contribution in [0.25, 0.3) is 0 Å². The SMILES string of the molecule is Cc1ccc(CC(CCC(=O)O)NC=O)cc1Cl. The van der Waals surface area contributed by atoms with Gasteiger partial charge in [-0.1, -0.05) is 23.7 Å². The van der Waals surface area contributed by atoms with Gasteiger partial charge in [0.2, 0.25) is 6.41 Å². The number of hydrogen-bond acceptors (Lipinski definition) is 2. The van der Waals surface area contributed by atoms with Crippen LogP contribution in [0.4, 0.5) is 0 Å². The molecule has 0 bridgehead atoms. The van der Waals surface area contributed by atoms with Crippen molar-refractivity contribution < 1.29 is 14.7 Å². The molecule has 1 rings (SSSR count). The maximum Gasteiger partial charge on any atom is 0.303 e. The van der Waals surface area contributed by atoms with Crippen LogP contribution < -0.4 is 5.32 Å². The van der Waals surface area contributed by atoms with Crippen molar-refractivity contribution >= 4 is 24.0 Å². The summed E-state index contributed by atoms with van der Waals surface area (Å²) in [5, 5.41) is 11.9. The van der Waals surface area contributed by atoms with Gasteiger partial charge in [0.05, 0.1) is 0 Å². The minimum Gasteiger partial charge on any atom is -0.481 e. The van der Waals surface area contributed by atoms with E-state index in [0.29, 0.717) is 24.3 Å². The van der Waals surface area contributed by atoms with Crippen LogP contribution in [0, 0.1) is 6.92 Å². The van der Waals surface area contributed by atoms with Gasteiger partial charge in [-0.2, -0.15) is 0 Å². The molecule has 2 N–H and O–H groups in total. The van der Waals surface area contributed by atoms with E-state index in [1.807, 2.05) is 25.1 Å². The lowest BCUT2D eigenvalue weighted by Crippen LogP contribution is -2.30. The van der Waals surface area contributed by atoms with E-state index in [1.165, 1.54) is 0 Å². The van der Waals surface area contributed by atoms with E-state index < -0.39 is 5.97 Å². The molecule has 0 saturated carbocycles. The van der Waals surface area contributed by atoms with Gasteiger partial charge in [-0.15, -0.1) is 0 Å². The van der Waals surface area contributed by atoms with Crippen molar-refractivity contribution in [3.8, 4) is 0 Å². The summed E-state index contributed by atoms with van der Waals surface area (Å²) >= 11 is 6.02. The van der Waals surface area contributed by atoms with Gasteiger partial charge in [-0.3, -0.25) is 9.59 Å². The predicted molar refractivity (Wildman–Crippen MR) is 69.8 cm³/mol. The average Bonchev–Trinajstić information content (AvgIpc) is 2.31. The fourth-order valence-electron chi connectivity index (χ4n) is 1.69. The Morgan fingerprint density at radius 1 is 1.56 bits per heavy atom. The fourth-order valence-corrected chi connectivity index (χ4v) is 1.89. The Labute approximate surface area is 111 Å². The number of hydrogen-bond donors (Lipinski definition) is 2. The lowest BCUT2D eigenvalue weighted by molar-refractivity contribution is -0.137. The molecular formula is C13H16ClNO3. The molecule has 0 aliphatic rings. The molecule has 1 aromatic rings. The van der Waals surface area contributed by atoms with E-state index in [1.54, 1.807) is 0 Å². The number of carbonyl (C=O) groups excluding carboxylic acids is 1. The largest absolute Gasteiger partial charge is 0.481 e. The van der Waals surface area contributed by atoms with E-state index in [2.05, 4.69) is 5.32 Å². The lowest BCUT2D eigenvalue weighted by atomic mass is 10.0. The number of aryl methyl sites for hydroxylation is 1. The van der Waals surface area contributed by atoms with Crippen LogP contribution in [0.3, 0.4) is 0 Å². The van der Waals surface area contributed by atoms with Crippen LogP contribution in [-0.4, -0.2) is 23.5 Å². The van der Waals surface area contributed by atoms with Crippen molar-refractivity contribution in [1.82, 2.24) is 5.32 Å². The van der Waals surface area contributed by atoms with Crippen molar-refractivity contribution in [2.45, 2.75) is 32.2 Å². The molecule has 0 aliphatic heterocycles. The molecule has 0 radical (unpaired) electrons. The first-order chi connectivity index (χ1) is 8.52. The van der Waals surface area contributed by atoms with Gasteiger partial charge >= 0.3 is 5.97 Å². The summed E-state index contributed by atoms with van der Waals surface area (Å²) < 4.78 is 0. The highest BCUT2D eigenvalue weighted by Gasteiger charge is 2.11. The molecule has 1 unspecified atom stereocenters. The van der Waals surface area contributed by atoms with Gasteiger partial charge in [-0.05, 0) is 37.0 Å². The van der Waals surface area contributed by atoms with Crippen molar-refractivity contribution in [3.63, 3.8) is 0 Å². The van der Waals surface area contributed by atoms with Gasteiger partial charge < -0.3 is 10.4 Å². The van der Waals surface area contributed by atoms with Crippen LogP contribution >= 0.6 is 11.6 Å². The molecule has 1 atom stereocenters. The van der Waals surface area contributed by atoms with Gasteiger partial charge in [0, 0.05) is 17.5 Å². The third kappa shape index (κ3) is 4.75. The minimum absolute atomic E-state index is 0.0328. The van der Waals surface area contributed by atoms with Crippen LogP contribution in [0.2, 0.25) is 5.02 Å². The molecule has 18 heavy (non-hydrogen) atoms. The summed E-state index contributed by atoms with van der Waals surface area (Å²) in [6, 6.07) is 5.50. The number of carbonyl (C=O) groups is 2. The smallest absolute Gasteiger partial charge is 0.303 e. The second-order valence-electron chi connectivity index (χ2n) is 4.20. The van der Waals surface area contributed by atoms with Gasteiger partial charge in [0.25, 0.3) is 0 Å². The number of rotatable bonds is 7. The summed E-state index contributed by atoms with van der Waals surface area (Å²) in [5.74, 6) is -0.866. The fraction of sp³-hybridized carbons (Fsp3) is 0.385. The van der Waals surface area contributed by atoms with Gasteiger partial charge in [0.15, 0.2) is 0 Å². The number of aliphatic carboxylic acids is 1. The maximum absolute atomic E-state index is 10.5. The van der Waals surface area contributed by atoms with E-state index in [0.717, 1.165) is 11.1 Å². The van der Waals surface area contributed by atoms with Crippen molar-refractivity contribution in [2.75, 3.05) is 0 Å². The maximum atomic E-state index is 10.5. The Morgan fingerprint density at radius 3 is 2.83 bits per heavy atom. The third-order valence-corrected chi connectivity index (χ3v) is 3.14. The number of halogens is 1. The van der Waals surface area contributed by atoms with Crippen molar-refractivity contribution in [3.05, 3.63) is 34.3 Å². The first-order valence-corrected chi connectivity index (χ1v) is 6.07. The first-order valence-electron chi connectivity index (χ1n) is 5.69. The van der Waals surface area contributed by atoms with E-state index in [-0.39, 0.29) is 12.5 Å². The number of carboxylic acids is 1. The number of nitrogens with one attached hydrogen (secondary N) is 1. The van der Waals surface area contributed by atoms with Crippen molar-refractivity contribution in [2.24, 2.45) is 0 Å². The van der Waals surface area contributed by atoms with Crippen LogP contribution in [0.5, 0.6) is 0 Å². The molecule has 0 aromatic heterocycles. The van der Waals surface area contributed by atoms with E-state index in [9.17, 15) is 9.59 Å². The standard InChI is InChI=1S/C13H16ClNO3/c1-9-2-3-10(7-12(9)14)6-11(15-8-16)4-5-13(17)18/h2-3,7-8,11H,4-6H2,1H3,(H,15,16)(H,17,18). The number of carboxylic acid groups (broad SMARTS) is 1. The average molecular weight is 270 g/mol. The van der Waals surface area contributed by atoms with Gasteiger partial charge in [0.1, 0.15) is 0 Å². The van der Waals surface area contributed by atoms with E-state index in [4.69, 9.17) is 16.7 Å². The molecule has 0 saturated heterocycles. The Hall–Kier alpha value is -1.55. The second-order valence-corrected chi connectivity index (χ2v) is 4.61. The van der Waals surface area contributed by atoms with Crippen LogP contribution in [-0.2, 0) is 16.0 Å². The Kier molecular flexibility index (Phi) is 5.65. The molecule has 0 aliphatic carbocycles. The van der Waals surface area contributed by atoms with Crippen LogP contribution in [0.15, 0.2) is 18.2 Å². The summed E-state index contributed by atoms with van der Waals surface area (Å²) in [5.41, 5.74) is 1.97. The molecule has 0 fully saturated rings. The molecular weight excluding hydrogens is 254 g/mol. The third-order valence-electron chi connectivity index (χ3n) is 2.73. The normalized spacial score (nSPS) is 11.9. The summed E-state index contributed by atoms with van der Waals surface area (Å²) in [6.07, 6.45) is 1.61. The van der Waals surface area contributed by atoms with Gasteiger partial charge in [-0.25, -0.2) is 0 Å². The second kappa shape index (κ2) is 7.01. The monoisotopic (exact) mass is 269 g/mol. The van der Waals surface area contributed by atoms with E-state index >= 15 is 0 Å². The molecule has 0 heterocycles. The lowest BCUT2D eigenvalue weighted by Gasteiger charge is -2.15. The zero-order chi connectivity index (χ0) is 13.5. The topological polar surface area (TPSA) is 66.4 Å².